The zero-order valence-corrected chi connectivity index (χ0v) is 12.8. The van der Waals surface area contributed by atoms with Gasteiger partial charge in [0.2, 0.25) is 0 Å². The number of anilines is 1. The lowest BCUT2D eigenvalue weighted by molar-refractivity contribution is -0.140. The van der Waals surface area contributed by atoms with Crippen molar-refractivity contribution >= 4 is 39.6 Å². The van der Waals surface area contributed by atoms with E-state index in [1.54, 1.807) is 12.1 Å². The molecule has 2 amide bonds. The smallest absolute Gasteiger partial charge is 0.326 e. The number of halogens is 1. The van der Waals surface area contributed by atoms with E-state index in [4.69, 9.17) is 10.2 Å². The molecule has 4 N–H and O–H groups in total. The Balaban J connectivity index is 2.67. The number of aliphatic carboxylic acids is 2. The molecule has 0 heterocycles. The number of aryl methyl sites for hydroxylation is 1. The maximum absolute atomic E-state index is 11.8. The van der Waals surface area contributed by atoms with E-state index in [0.29, 0.717) is 10.2 Å². The number of rotatable bonds is 6. The Kier molecular flexibility index (Phi) is 6.16. The second kappa shape index (κ2) is 7.63. The van der Waals surface area contributed by atoms with Gasteiger partial charge in [-0.3, -0.25) is 4.79 Å². The number of hydrogen-bond donors (Lipinski definition) is 4. The van der Waals surface area contributed by atoms with Gasteiger partial charge in [-0.25, -0.2) is 9.59 Å². The van der Waals surface area contributed by atoms with E-state index >= 15 is 0 Å². The third kappa shape index (κ3) is 5.82. The van der Waals surface area contributed by atoms with Crippen molar-refractivity contribution in [3.8, 4) is 0 Å². The van der Waals surface area contributed by atoms with Crippen LogP contribution in [-0.4, -0.2) is 34.2 Å². The number of benzene rings is 1. The molecular weight excluding hydrogens is 344 g/mol. The number of carboxylic acids is 2. The monoisotopic (exact) mass is 358 g/mol. The second-order valence-electron chi connectivity index (χ2n) is 4.40. The summed E-state index contributed by atoms with van der Waals surface area (Å²) in [6, 6.07) is 3.35. The van der Waals surface area contributed by atoms with Crippen LogP contribution in [0.15, 0.2) is 22.7 Å². The van der Waals surface area contributed by atoms with Gasteiger partial charge in [0, 0.05) is 10.9 Å². The first-order valence-electron chi connectivity index (χ1n) is 6.08. The molecule has 21 heavy (non-hydrogen) atoms. The summed E-state index contributed by atoms with van der Waals surface area (Å²) in [5, 5.41) is 22.3. The standard InChI is InChI=1S/C13H15BrN2O5/c1-7-2-3-8(14)10(6-7)16-13(21)15-9(12(19)20)4-5-11(17)18/h2-3,6,9H,4-5H2,1H3,(H,17,18)(H,19,20)(H2,15,16,21). The minimum absolute atomic E-state index is 0.187. The summed E-state index contributed by atoms with van der Waals surface area (Å²) >= 11 is 3.27. The fourth-order valence-corrected chi connectivity index (χ4v) is 1.92. The summed E-state index contributed by atoms with van der Waals surface area (Å²) in [6.07, 6.45) is -0.529. The van der Waals surface area contributed by atoms with E-state index in [2.05, 4.69) is 26.6 Å². The van der Waals surface area contributed by atoms with Gasteiger partial charge in [-0.1, -0.05) is 6.07 Å². The van der Waals surface area contributed by atoms with Crippen molar-refractivity contribution in [2.24, 2.45) is 0 Å². The number of nitrogens with one attached hydrogen (secondary N) is 2. The van der Waals surface area contributed by atoms with Gasteiger partial charge >= 0.3 is 18.0 Å². The van der Waals surface area contributed by atoms with Crippen LogP contribution in [-0.2, 0) is 9.59 Å². The fraction of sp³-hybridized carbons (Fsp3) is 0.308. The van der Waals surface area contributed by atoms with Crippen molar-refractivity contribution in [3.05, 3.63) is 28.2 Å². The van der Waals surface area contributed by atoms with Gasteiger partial charge < -0.3 is 20.8 Å². The highest BCUT2D eigenvalue weighted by molar-refractivity contribution is 9.10. The zero-order valence-electron chi connectivity index (χ0n) is 11.2. The maximum Gasteiger partial charge on any atom is 0.326 e. The number of amides is 2. The molecule has 1 unspecified atom stereocenters. The van der Waals surface area contributed by atoms with Gasteiger partial charge in [0.1, 0.15) is 6.04 Å². The van der Waals surface area contributed by atoms with Crippen LogP contribution in [0, 0.1) is 6.92 Å². The van der Waals surface area contributed by atoms with E-state index in [1.165, 1.54) is 0 Å². The Hall–Kier alpha value is -2.09. The topological polar surface area (TPSA) is 116 Å². The number of hydrogen-bond acceptors (Lipinski definition) is 3. The molecule has 1 aromatic rings. The third-order valence-electron chi connectivity index (χ3n) is 2.62. The zero-order chi connectivity index (χ0) is 16.0. The number of carbonyl (C=O) groups excluding carboxylic acids is 1. The lowest BCUT2D eigenvalue weighted by Crippen LogP contribution is -2.43. The Bertz CT molecular complexity index is 561. The van der Waals surface area contributed by atoms with E-state index in [9.17, 15) is 14.4 Å². The Morgan fingerprint density at radius 3 is 2.52 bits per heavy atom. The molecule has 0 saturated carbocycles. The van der Waals surface area contributed by atoms with Crippen molar-refractivity contribution in [1.82, 2.24) is 5.32 Å². The largest absolute Gasteiger partial charge is 0.481 e. The highest BCUT2D eigenvalue weighted by Crippen LogP contribution is 2.23. The summed E-state index contributed by atoms with van der Waals surface area (Å²) in [5.41, 5.74) is 1.42. The molecular formula is C13H15BrN2O5. The summed E-state index contributed by atoms with van der Waals surface area (Å²) in [6.45, 7) is 1.85. The van der Waals surface area contributed by atoms with E-state index < -0.39 is 24.0 Å². The molecule has 8 heteroatoms. The first-order valence-corrected chi connectivity index (χ1v) is 6.87. The van der Waals surface area contributed by atoms with Crippen molar-refractivity contribution in [2.75, 3.05) is 5.32 Å². The van der Waals surface area contributed by atoms with E-state index in [-0.39, 0.29) is 12.8 Å². The van der Waals surface area contributed by atoms with Crippen LogP contribution in [0.4, 0.5) is 10.5 Å². The molecule has 0 aromatic heterocycles. The Morgan fingerprint density at radius 1 is 1.29 bits per heavy atom. The molecule has 1 atom stereocenters. The van der Waals surface area contributed by atoms with Crippen LogP contribution in [0.1, 0.15) is 18.4 Å². The molecule has 0 saturated heterocycles. The van der Waals surface area contributed by atoms with Crippen LogP contribution < -0.4 is 10.6 Å². The first-order chi connectivity index (χ1) is 9.79. The molecule has 114 valence electrons. The lowest BCUT2D eigenvalue weighted by atomic mass is 10.1. The summed E-state index contributed by atoms with van der Waals surface area (Å²) in [4.78, 5) is 33.2. The summed E-state index contributed by atoms with van der Waals surface area (Å²) in [7, 11) is 0. The van der Waals surface area contributed by atoms with Gasteiger partial charge in [0.25, 0.3) is 0 Å². The molecule has 0 fully saturated rings. The third-order valence-corrected chi connectivity index (χ3v) is 3.31. The van der Waals surface area contributed by atoms with Crippen LogP contribution >= 0.6 is 15.9 Å². The van der Waals surface area contributed by atoms with Gasteiger partial charge in [-0.05, 0) is 47.0 Å². The first kappa shape index (κ1) is 17.0. The molecule has 1 rings (SSSR count). The van der Waals surface area contributed by atoms with Crippen molar-refractivity contribution in [1.29, 1.82) is 0 Å². The van der Waals surface area contributed by atoms with Gasteiger partial charge in [0.05, 0.1) is 5.69 Å². The highest BCUT2D eigenvalue weighted by atomic mass is 79.9. The van der Waals surface area contributed by atoms with Crippen molar-refractivity contribution in [2.45, 2.75) is 25.8 Å². The molecule has 0 radical (unpaired) electrons. The normalized spacial score (nSPS) is 11.5. The predicted molar refractivity (Wildman–Crippen MR) is 79.3 cm³/mol. The number of carbonyl (C=O) groups is 3. The van der Waals surface area contributed by atoms with Crippen LogP contribution in [0.5, 0.6) is 0 Å². The Labute approximate surface area is 129 Å². The number of carboxylic acid groups (broad SMARTS) is 2. The average molecular weight is 359 g/mol. The predicted octanol–water partition coefficient (Wildman–Crippen LogP) is 2.20. The van der Waals surface area contributed by atoms with Gasteiger partial charge in [-0.2, -0.15) is 0 Å². The molecule has 0 aliphatic rings. The Morgan fingerprint density at radius 2 is 1.95 bits per heavy atom. The fourth-order valence-electron chi connectivity index (χ4n) is 1.58. The highest BCUT2D eigenvalue weighted by Gasteiger charge is 2.21. The lowest BCUT2D eigenvalue weighted by Gasteiger charge is -2.15. The molecule has 0 spiro atoms. The second-order valence-corrected chi connectivity index (χ2v) is 5.26. The SMILES string of the molecule is Cc1ccc(Br)c(NC(=O)NC(CCC(=O)O)C(=O)O)c1. The molecule has 0 bridgehead atoms. The molecule has 1 aromatic carbocycles. The van der Waals surface area contributed by atoms with Gasteiger partial charge in [0.15, 0.2) is 0 Å². The molecule has 0 aliphatic heterocycles. The average Bonchev–Trinajstić information content (AvgIpc) is 2.38. The summed E-state index contributed by atoms with van der Waals surface area (Å²) in [5.74, 6) is -2.40. The van der Waals surface area contributed by atoms with Crippen LogP contribution in [0.2, 0.25) is 0 Å². The summed E-state index contributed by atoms with van der Waals surface area (Å²) < 4.78 is 0.653. The van der Waals surface area contributed by atoms with E-state index in [0.717, 1.165) is 5.56 Å². The van der Waals surface area contributed by atoms with Crippen molar-refractivity contribution < 1.29 is 24.6 Å². The van der Waals surface area contributed by atoms with Gasteiger partial charge in [-0.15, -0.1) is 0 Å². The quantitative estimate of drug-likeness (QED) is 0.622. The minimum Gasteiger partial charge on any atom is -0.481 e. The number of urea groups is 1. The van der Waals surface area contributed by atoms with Crippen molar-refractivity contribution in [3.63, 3.8) is 0 Å². The van der Waals surface area contributed by atoms with E-state index in [1.807, 2.05) is 13.0 Å². The van der Waals surface area contributed by atoms with Crippen LogP contribution in [0.3, 0.4) is 0 Å². The van der Waals surface area contributed by atoms with Crippen LogP contribution in [0.25, 0.3) is 0 Å². The molecule has 7 nitrogen and oxygen atoms in total. The maximum atomic E-state index is 11.8. The minimum atomic E-state index is -1.28. The molecule has 0 aliphatic carbocycles.